The number of halogens is 5. The molecule has 0 heterocycles. The number of hydrogen-bond donors (Lipinski definition) is 2. The minimum atomic E-state index is -4.49. The zero-order valence-electron chi connectivity index (χ0n) is 11.5. The van der Waals surface area contributed by atoms with E-state index in [2.05, 4.69) is 10.6 Å². The lowest BCUT2D eigenvalue weighted by atomic mass is 10.1. The molecule has 0 saturated heterocycles. The molecule has 2 N–H and O–H groups in total. The molecule has 2 aromatic carbocycles. The molecule has 0 atom stereocenters. The Kier molecular flexibility index (Phi) is 5.73. The summed E-state index contributed by atoms with van der Waals surface area (Å²) in [5, 5.41) is 6.22. The van der Waals surface area contributed by atoms with E-state index in [0.29, 0.717) is 16.3 Å². The summed E-state index contributed by atoms with van der Waals surface area (Å²) < 4.78 is 38.4. The van der Waals surface area contributed by atoms with Crippen LogP contribution in [0.3, 0.4) is 0 Å². The van der Waals surface area contributed by atoms with Crippen molar-refractivity contribution in [2.24, 2.45) is 0 Å². The number of hydrogen-bond acceptors (Lipinski definition) is 1. The number of nitrogens with one attached hydrogen (secondary N) is 2. The number of alkyl halides is 3. The molecular formula is C15H11Cl2F3N2S. The van der Waals surface area contributed by atoms with Gasteiger partial charge in [0.05, 0.1) is 10.6 Å². The fraction of sp³-hybridized carbons (Fsp3) is 0.133. The van der Waals surface area contributed by atoms with Crippen LogP contribution >= 0.6 is 35.4 Å². The van der Waals surface area contributed by atoms with E-state index in [4.69, 9.17) is 35.4 Å². The molecule has 0 unspecified atom stereocenters. The molecule has 0 aliphatic rings. The van der Waals surface area contributed by atoms with Crippen molar-refractivity contribution in [2.75, 3.05) is 5.32 Å². The fourth-order valence-electron chi connectivity index (χ4n) is 1.82. The Morgan fingerprint density at radius 1 is 1.09 bits per heavy atom. The summed E-state index contributed by atoms with van der Waals surface area (Å²) in [4.78, 5) is 0. The van der Waals surface area contributed by atoms with Gasteiger partial charge in [-0.25, -0.2) is 0 Å². The Hall–Kier alpha value is -1.50. The van der Waals surface area contributed by atoms with Crippen molar-refractivity contribution < 1.29 is 13.2 Å². The third-order valence-corrected chi connectivity index (χ3v) is 3.68. The molecule has 0 aliphatic carbocycles. The van der Waals surface area contributed by atoms with Gasteiger partial charge in [0.2, 0.25) is 0 Å². The van der Waals surface area contributed by atoms with Gasteiger partial charge in [-0.2, -0.15) is 13.2 Å². The predicted octanol–water partition coefficient (Wildman–Crippen LogP) is 5.50. The Labute approximate surface area is 146 Å². The van der Waals surface area contributed by atoms with Crippen LogP contribution in [0.4, 0.5) is 18.9 Å². The van der Waals surface area contributed by atoms with Crippen LogP contribution < -0.4 is 10.6 Å². The third-order valence-electron chi connectivity index (χ3n) is 2.87. The van der Waals surface area contributed by atoms with E-state index in [-0.39, 0.29) is 16.7 Å². The van der Waals surface area contributed by atoms with E-state index in [1.165, 1.54) is 12.1 Å². The van der Waals surface area contributed by atoms with Gasteiger partial charge in [0.15, 0.2) is 5.11 Å². The molecule has 0 saturated carbocycles. The summed E-state index contributed by atoms with van der Waals surface area (Å²) in [5.74, 6) is 0. The Balaban J connectivity index is 1.99. The first-order valence-corrected chi connectivity index (χ1v) is 7.58. The van der Waals surface area contributed by atoms with Crippen LogP contribution in [0.2, 0.25) is 10.0 Å². The van der Waals surface area contributed by atoms with E-state index in [9.17, 15) is 13.2 Å². The fourth-order valence-corrected chi connectivity index (χ4v) is 2.43. The lowest BCUT2D eigenvalue weighted by molar-refractivity contribution is -0.137. The average Bonchev–Trinajstić information content (AvgIpc) is 2.45. The molecular weight excluding hydrogens is 368 g/mol. The van der Waals surface area contributed by atoms with Gasteiger partial charge in [0.1, 0.15) is 0 Å². The number of thiocarbonyl (C=S) groups is 1. The molecule has 23 heavy (non-hydrogen) atoms. The largest absolute Gasteiger partial charge is 0.417 e. The Morgan fingerprint density at radius 3 is 2.48 bits per heavy atom. The predicted molar refractivity (Wildman–Crippen MR) is 91.0 cm³/mol. The molecule has 122 valence electrons. The minimum absolute atomic E-state index is 0.132. The second-order valence-corrected chi connectivity index (χ2v) is 5.88. The molecule has 0 amide bonds. The third kappa shape index (κ3) is 5.27. The summed E-state index contributed by atoms with van der Waals surface area (Å²) in [6, 6.07) is 10.6. The zero-order chi connectivity index (χ0) is 17.0. The van der Waals surface area contributed by atoms with Gasteiger partial charge in [0.25, 0.3) is 0 Å². The van der Waals surface area contributed by atoms with E-state index >= 15 is 0 Å². The van der Waals surface area contributed by atoms with Crippen LogP contribution in [-0.2, 0) is 12.7 Å². The van der Waals surface area contributed by atoms with Crippen molar-refractivity contribution in [1.82, 2.24) is 5.32 Å². The summed E-state index contributed by atoms with van der Waals surface area (Å²) in [7, 11) is 0. The molecule has 0 aliphatic heterocycles. The van der Waals surface area contributed by atoms with Crippen LogP contribution in [0.15, 0.2) is 42.5 Å². The number of benzene rings is 2. The maximum Gasteiger partial charge on any atom is 0.417 e. The van der Waals surface area contributed by atoms with Crippen molar-refractivity contribution in [3.05, 3.63) is 63.6 Å². The molecule has 0 spiro atoms. The molecule has 2 rings (SSSR count). The van der Waals surface area contributed by atoms with Crippen LogP contribution in [0.1, 0.15) is 11.1 Å². The van der Waals surface area contributed by atoms with E-state index in [0.717, 1.165) is 6.07 Å². The van der Waals surface area contributed by atoms with Crippen molar-refractivity contribution in [3.63, 3.8) is 0 Å². The Morgan fingerprint density at radius 2 is 1.83 bits per heavy atom. The second-order valence-electron chi connectivity index (χ2n) is 4.63. The second kappa shape index (κ2) is 7.38. The van der Waals surface area contributed by atoms with Gasteiger partial charge < -0.3 is 10.6 Å². The molecule has 0 bridgehead atoms. The lowest BCUT2D eigenvalue weighted by Gasteiger charge is -2.13. The van der Waals surface area contributed by atoms with Crippen molar-refractivity contribution >= 4 is 46.2 Å². The van der Waals surface area contributed by atoms with Crippen molar-refractivity contribution in [3.8, 4) is 0 Å². The van der Waals surface area contributed by atoms with Gasteiger partial charge >= 0.3 is 6.18 Å². The van der Waals surface area contributed by atoms with Crippen LogP contribution in [0.5, 0.6) is 0 Å². The lowest BCUT2D eigenvalue weighted by Crippen LogP contribution is -2.28. The summed E-state index contributed by atoms with van der Waals surface area (Å²) >= 11 is 16.5. The van der Waals surface area contributed by atoms with Gasteiger partial charge in [-0.1, -0.05) is 35.3 Å². The zero-order valence-corrected chi connectivity index (χ0v) is 13.9. The highest BCUT2D eigenvalue weighted by Crippen LogP contribution is 2.35. The van der Waals surface area contributed by atoms with Crippen molar-refractivity contribution in [2.45, 2.75) is 12.7 Å². The molecule has 2 aromatic rings. The van der Waals surface area contributed by atoms with E-state index in [1.54, 1.807) is 24.3 Å². The first-order chi connectivity index (χ1) is 10.8. The van der Waals surface area contributed by atoms with Crippen molar-refractivity contribution in [1.29, 1.82) is 0 Å². The van der Waals surface area contributed by atoms with Crippen LogP contribution in [-0.4, -0.2) is 5.11 Å². The maximum atomic E-state index is 12.8. The highest BCUT2D eigenvalue weighted by Gasteiger charge is 2.33. The minimum Gasteiger partial charge on any atom is -0.358 e. The first-order valence-electron chi connectivity index (χ1n) is 6.42. The standard InChI is InChI=1S/C15H11Cl2F3N2S/c16-10-2-1-3-11(7-10)22-14(23)21-8-9-4-5-13(17)12(6-9)15(18,19)20/h1-7H,8H2,(H2,21,22,23). The van der Waals surface area contributed by atoms with E-state index in [1.807, 2.05) is 0 Å². The molecule has 0 radical (unpaired) electrons. The van der Waals surface area contributed by atoms with Crippen LogP contribution in [0.25, 0.3) is 0 Å². The van der Waals surface area contributed by atoms with Gasteiger partial charge in [-0.3, -0.25) is 0 Å². The monoisotopic (exact) mass is 378 g/mol. The molecule has 8 heteroatoms. The number of rotatable bonds is 3. The summed E-state index contributed by atoms with van der Waals surface area (Å²) in [5.41, 5.74) is 0.228. The number of anilines is 1. The van der Waals surface area contributed by atoms with Gasteiger partial charge in [-0.05, 0) is 48.1 Å². The Bertz CT molecular complexity index is 720. The molecule has 0 aromatic heterocycles. The summed E-state index contributed by atoms with van der Waals surface area (Å²) in [6.07, 6.45) is -4.49. The van der Waals surface area contributed by atoms with Gasteiger partial charge in [0, 0.05) is 17.3 Å². The van der Waals surface area contributed by atoms with Crippen LogP contribution in [0, 0.1) is 0 Å². The maximum absolute atomic E-state index is 12.8. The molecule has 0 fully saturated rings. The SMILES string of the molecule is FC(F)(F)c1cc(CNC(=S)Nc2cccc(Cl)c2)ccc1Cl. The average molecular weight is 379 g/mol. The van der Waals surface area contributed by atoms with E-state index < -0.39 is 11.7 Å². The highest BCUT2D eigenvalue weighted by atomic mass is 35.5. The topological polar surface area (TPSA) is 24.1 Å². The highest BCUT2D eigenvalue weighted by molar-refractivity contribution is 7.80. The molecule has 2 nitrogen and oxygen atoms in total. The summed E-state index contributed by atoms with van der Waals surface area (Å²) in [6.45, 7) is 0.132. The quantitative estimate of drug-likeness (QED) is 0.689. The van der Waals surface area contributed by atoms with Gasteiger partial charge in [-0.15, -0.1) is 0 Å². The first kappa shape index (κ1) is 17.8. The normalized spacial score (nSPS) is 11.2. The smallest absolute Gasteiger partial charge is 0.358 e.